The molecular weight excluding hydrogens is 224 g/mol. The van der Waals surface area contributed by atoms with Gasteiger partial charge < -0.3 is 10.1 Å². The third-order valence-corrected chi connectivity index (χ3v) is 4.04. The highest BCUT2D eigenvalue weighted by atomic mass is 16.5. The number of hydrogen-bond acceptors (Lipinski definition) is 3. The number of hydrogen-bond donors (Lipinski definition) is 1. The highest BCUT2D eigenvalue weighted by Crippen LogP contribution is 2.25. The van der Waals surface area contributed by atoms with E-state index in [2.05, 4.69) is 31.0 Å². The lowest BCUT2D eigenvalue weighted by atomic mass is 9.88. The molecule has 18 heavy (non-hydrogen) atoms. The van der Waals surface area contributed by atoms with Crippen LogP contribution in [0.4, 0.5) is 0 Å². The summed E-state index contributed by atoms with van der Waals surface area (Å²) in [7, 11) is 0. The van der Waals surface area contributed by atoms with Gasteiger partial charge in [0.2, 0.25) is 0 Å². The summed E-state index contributed by atoms with van der Waals surface area (Å²) in [4.78, 5) is 2.63. The number of nitrogens with zero attached hydrogens (tertiary/aromatic N) is 1. The zero-order valence-corrected chi connectivity index (χ0v) is 12.4. The average Bonchev–Trinajstić information content (AvgIpc) is 2.28. The molecule has 2 aliphatic heterocycles. The molecule has 2 saturated heterocycles. The maximum absolute atomic E-state index is 5.92. The predicted molar refractivity (Wildman–Crippen MR) is 75.8 cm³/mol. The Labute approximate surface area is 112 Å². The molecule has 2 heterocycles. The van der Waals surface area contributed by atoms with Crippen LogP contribution in [0, 0.1) is 11.3 Å². The van der Waals surface area contributed by atoms with Crippen LogP contribution in [0.5, 0.6) is 0 Å². The van der Waals surface area contributed by atoms with Gasteiger partial charge in [-0.05, 0) is 43.7 Å². The fourth-order valence-corrected chi connectivity index (χ4v) is 3.18. The number of rotatable bonds is 3. The summed E-state index contributed by atoms with van der Waals surface area (Å²) in [5.74, 6) is 0.902. The molecule has 2 aliphatic rings. The lowest BCUT2D eigenvalue weighted by molar-refractivity contribution is -0.0501. The van der Waals surface area contributed by atoms with Crippen LogP contribution in [0.2, 0.25) is 0 Å². The van der Waals surface area contributed by atoms with Crippen molar-refractivity contribution in [1.29, 1.82) is 0 Å². The van der Waals surface area contributed by atoms with E-state index < -0.39 is 0 Å². The number of ether oxygens (including phenoxy) is 1. The second-order valence-electron chi connectivity index (χ2n) is 7.21. The van der Waals surface area contributed by atoms with E-state index in [4.69, 9.17) is 4.74 Å². The van der Waals surface area contributed by atoms with Crippen LogP contribution >= 0.6 is 0 Å². The third kappa shape index (κ3) is 4.87. The first-order chi connectivity index (χ1) is 8.53. The van der Waals surface area contributed by atoms with Crippen LogP contribution in [0.1, 0.15) is 40.0 Å². The summed E-state index contributed by atoms with van der Waals surface area (Å²) in [6.07, 6.45) is 4.32. The van der Waals surface area contributed by atoms with Gasteiger partial charge >= 0.3 is 0 Å². The second kappa shape index (κ2) is 6.36. The van der Waals surface area contributed by atoms with Crippen molar-refractivity contribution in [2.75, 3.05) is 39.3 Å². The minimum Gasteiger partial charge on any atom is -0.376 e. The molecule has 3 nitrogen and oxygen atoms in total. The van der Waals surface area contributed by atoms with Crippen LogP contribution in [-0.4, -0.2) is 50.3 Å². The summed E-state index contributed by atoms with van der Waals surface area (Å²) in [6, 6.07) is 0. The molecule has 2 rings (SSSR count). The molecule has 2 fully saturated rings. The van der Waals surface area contributed by atoms with Gasteiger partial charge in [-0.25, -0.2) is 0 Å². The van der Waals surface area contributed by atoms with Crippen LogP contribution in [0.25, 0.3) is 0 Å². The second-order valence-corrected chi connectivity index (χ2v) is 7.21. The first-order valence-corrected chi connectivity index (χ1v) is 7.57. The first kappa shape index (κ1) is 14.3. The van der Waals surface area contributed by atoms with E-state index in [-0.39, 0.29) is 0 Å². The van der Waals surface area contributed by atoms with Crippen LogP contribution in [-0.2, 0) is 4.74 Å². The van der Waals surface area contributed by atoms with E-state index in [1.807, 2.05) is 0 Å². The van der Waals surface area contributed by atoms with Gasteiger partial charge in [0.25, 0.3) is 0 Å². The first-order valence-electron chi connectivity index (χ1n) is 7.57. The van der Waals surface area contributed by atoms with Gasteiger partial charge in [-0.15, -0.1) is 0 Å². The van der Waals surface area contributed by atoms with Crippen molar-refractivity contribution in [3.63, 3.8) is 0 Å². The van der Waals surface area contributed by atoms with Crippen molar-refractivity contribution < 1.29 is 4.74 Å². The smallest absolute Gasteiger partial charge is 0.0707 e. The van der Waals surface area contributed by atoms with Gasteiger partial charge in [-0.3, -0.25) is 4.90 Å². The van der Waals surface area contributed by atoms with Crippen molar-refractivity contribution >= 4 is 0 Å². The molecule has 0 aromatic heterocycles. The minimum absolute atomic E-state index is 0.377. The Hall–Kier alpha value is -0.120. The monoisotopic (exact) mass is 254 g/mol. The van der Waals surface area contributed by atoms with E-state index in [9.17, 15) is 0 Å². The number of nitrogens with one attached hydrogen (secondary N) is 1. The van der Waals surface area contributed by atoms with E-state index in [0.717, 1.165) is 25.6 Å². The topological polar surface area (TPSA) is 24.5 Å². The van der Waals surface area contributed by atoms with Gasteiger partial charge in [0.05, 0.1) is 12.7 Å². The Morgan fingerprint density at radius 2 is 1.94 bits per heavy atom. The standard InChI is InChI=1S/C15H30N2O/c1-15(2,3)10-14-12-17(8-9-18-14)11-13-4-6-16-7-5-13/h13-14,16H,4-12H2,1-3H3/t14-/m1/s1. The molecule has 0 aromatic carbocycles. The predicted octanol–water partition coefficient (Wildman–Crippen LogP) is 2.12. The fraction of sp³-hybridized carbons (Fsp3) is 1.00. The van der Waals surface area contributed by atoms with Crippen LogP contribution in [0.3, 0.4) is 0 Å². The lowest BCUT2D eigenvalue weighted by Gasteiger charge is -2.38. The van der Waals surface area contributed by atoms with Gasteiger partial charge in [-0.1, -0.05) is 20.8 Å². The largest absolute Gasteiger partial charge is 0.376 e. The normalized spacial score (nSPS) is 28.5. The SMILES string of the molecule is CC(C)(C)C[C@@H]1CN(CC2CCNCC2)CCO1. The molecule has 0 spiro atoms. The zero-order chi connectivity index (χ0) is 13.0. The average molecular weight is 254 g/mol. The van der Waals surface area contributed by atoms with E-state index in [1.165, 1.54) is 38.9 Å². The van der Waals surface area contributed by atoms with E-state index in [1.54, 1.807) is 0 Å². The van der Waals surface area contributed by atoms with Crippen molar-refractivity contribution in [1.82, 2.24) is 10.2 Å². The summed E-state index contributed by atoms with van der Waals surface area (Å²) >= 11 is 0. The van der Waals surface area contributed by atoms with Crippen molar-refractivity contribution in [2.45, 2.75) is 46.1 Å². The Balaban J connectivity index is 1.75. The summed E-state index contributed by atoms with van der Waals surface area (Å²) in [6.45, 7) is 13.8. The van der Waals surface area contributed by atoms with Gasteiger partial charge in [0.1, 0.15) is 0 Å². The summed E-state index contributed by atoms with van der Waals surface area (Å²) in [5, 5.41) is 3.45. The number of piperidine rings is 1. The molecular formula is C15H30N2O. The Morgan fingerprint density at radius 1 is 1.22 bits per heavy atom. The maximum Gasteiger partial charge on any atom is 0.0707 e. The Kier molecular flexibility index (Phi) is 5.05. The van der Waals surface area contributed by atoms with Gasteiger partial charge in [0, 0.05) is 19.6 Å². The molecule has 0 amide bonds. The third-order valence-electron chi connectivity index (χ3n) is 4.04. The van der Waals surface area contributed by atoms with Crippen molar-refractivity contribution in [3.8, 4) is 0 Å². The molecule has 3 heteroatoms. The number of morpholine rings is 1. The molecule has 1 N–H and O–H groups in total. The summed E-state index contributed by atoms with van der Waals surface area (Å²) in [5.41, 5.74) is 0.377. The molecule has 1 atom stereocenters. The molecule has 106 valence electrons. The van der Waals surface area contributed by atoms with Crippen LogP contribution < -0.4 is 5.32 Å². The Bertz CT molecular complexity index is 243. The molecule has 0 unspecified atom stereocenters. The van der Waals surface area contributed by atoms with Crippen molar-refractivity contribution in [3.05, 3.63) is 0 Å². The lowest BCUT2D eigenvalue weighted by Crippen LogP contribution is -2.46. The maximum atomic E-state index is 5.92. The quantitative estimate of drug-likeness (QED) is 0.835. The van der Waals surface area contributed by atoms with E-state index in [0.29, 0.717) is 11.5 Å². The fourth-order valence-electron chi connectivity index (χ4n) is 3.18. The molecule has 0 aliphatic carbocycles. The zero-order valence-electron chi connectivity index (χ0n) is 12.4. The van der Waals surface area contributed by atoms with Gasteiger partial charge in [-0.2, -0.15) is 0 Å². The molecule has 0 radical (unpaired) electrons. The summed E-state index contributed by atoms with van der Waals surface area (Å²) < 4.78 is 5.92. The van der Waals surface area contributed by atoms with Gasteiger partial charge in [0.15, 0.2) is 0 Å². The van der Waals surface area contributed by atoms with Crippen LogP contribution in [0.15, 0.2) is 0 Å². The Morgan fingerprint density at radius 3 is 2.61 bits per heavy atom. The molecule has 0 aromatic rings. The highest BCUT2D eigenvalue weighted by molar-refractivity contribution is 4.79. The van der Waals surface area contributed by atoms with Crippen molar-refractivity contribution in [2.24, 2.45) is 11.3 Å². The highest BCUT2D eigenvalue weighted by Gasteiger charge is 2.26. The molecule has 0 bridgehead atoms. The van der Waals surface area contributed by atoms with E-state index >= 15 is 0 Å². The minimum atomic E-state index is 0.377. The molecule has 0 saturated carbocycles.